The molecule has 1 rings (SSSR count). The number of hydrogen-bond acceptors (Lipinski definition) is 3. The second kappa shape index (κ2) is 5.44. The molecule has 0 atom stereocenters. The van der Waals surface area contributed by atoms with Gasteiger partial charge in [-0.3, -0.25) is 4.79 Å². The van der Waals surface area contributed by atoms with Gasteiger partial charge in [-0.25, -0.2) is 0 Å². The molecule has 1 aromatic heterocycles. The molecule has 0 saturated heterocycles. The quantitative estimate of drug-likeness (QED) is 0.677. The van der Waals surface area contributed by atoms with Crippen molar-refractivity contribution in [2.24, 2.45) is 0 Å². The first-order chi connectivity index (χ1) is 6.75. The second-order valence-electron chi connectivity index (χ2n) is 3.25. The highest BCUT2D eigenvalue weighted by Crippen LogP contribution is 1.98. The van der Waals surface area contributed by atoms with Crippen LogP contribution in [0.2, 0.25) is 0 Å². The average molecular weight is 196 g/mol. The number of hydrogen-bond donors (Lipinski definition) is 2. The fourth-order valence-corrected chi connectivity index (χ4v) is 1.30. The van der Waals surface area contributed by atoms with Crippen molar-refractivity contribution in [3.8, 4) is 0 Å². The Morgan fingerprint density at radius 3 is 2.86 bits per heavy atom. The van der Waals surface area contributed by atoms with E-state index in [2.05, 4.69) is 0 Å². The highest BCUT2D eigenvalue weighted by atomic mass is 16.2. The number of nitrogens with zero attached hydrogens (tertiary/aromatic N) is 1. The zero-order valence-electron chi connectivity index (χ0n) is 8.15. The van der Waals surface area contributed by atoms with Crippen LogP contribution in [-0.4, -0.2) is 16.3 Å². The van der Waals surface area contributed by atoms with Gasteiger partial charge in [0.05, 0.1) is 5.69 Å². The molecule has 1 aromatic rings. The number of anilines is 1. The lowest BCUT2D eigenvalue weighted by Gasteiger charge is -2.05. The van der Waals surface area contributed by atoms with Gasteiger partial charge in [-0.15, -0.1) is 0 Å². The van der Waals surface area contributed by atoms with Crippen molar-refractivity contribution in [3.63, 3.8) is 0 Å². The molecule has 0 fully saturated rings. The van der Waals surface area contributed by atoms with Crippen molar-refractivity contribution in [2.75, 3.05) is 12.3 Å². The maximum absolute atomic E-state index is 11.4. The number of aliphatic hydroxyl groups excluding tert-OH is 1. The zero-order chi connectivity index (χ0) is 10.4. The fourth-order valence-electron chi connectivity index (χ4n) is 1.30. The summed E-state index contributed by atoms with van der Waals surface area (Å²) in [6.07, 6.45) is 4.34. The van der Waals surface area contributed by atoms with Gasteiger partial charge in [0.1, 0.15) is 0 Å². The first-order valence-electron chi connectivity index (χ1n) is 4.81. The molecule has 3 N–H and O–H groups in total. The standard InChI is InChI=1S/C10H16N2O2/c11-9-5-4-7-12(10(9)14)6-2-1-3-8-13/h4-5,7,13H,1-3,6,8,11H2. The van der Waals surface area contributed by atoms with Gasteiger partial charge in [0, 0.05) is 19.3 Å². The van der Waals surface area contributed by atoms with Crippen LogP contribution in [0.5, 0.6) is 0 Å². The number of aryl methyl sites for hydroxylation is 1. The van der Waals surface area contributed by atoms with Crippen LogP contribution >= 0.6 is 0 Å². The van der Waals surface area contributed by atoms with Gasteiger partial charge in [0.2, 0.25) is 0 Å². The van der Waals surface area contributed by atoms with Gasteiger partial charge in [0.25, 0.3) is 5.56 Å². The highest BCUT2D eigenvalue weighted by molar-refractivity contribution is 5.33. The van der Waals surface area contributed by atoms with Crippen molar-refractivity contribution in [1.82, 2.24) is 4.57 Å². The van der Waals surface area contributed by atoms with E-state index in [-0.39, 0.29) is 17.9 Å². The van der Waals surface area contributed by atoms with Crippen molar-refractivity contribution >= 4 is 5.69 Å². The van der Waals surface area contributed by atoms with Gasteiger partial charge in [-0.05, 0) is 31.4 Å². The molecular formula is C10H16N2O2. The lowest BCUT2D eigenvalue weighted by molar-refractivity contribution is 0.281. The highest BCUT2D eigenvalue weighted by Gasteiger charge is 1.98. The zero-order valence-corrected chi connectivity index (χ0v) is 8.15. The lowest BCUT2D eigenvalue weighted by Crippen LogP contribution is -2.21. The van der Waals surface area contributed by atoms with E-state index in [0.29, 0.717) is 6.54 Å². The first kappa shape index (κ1) is 10.8. The largest absolute Gasteiger partial charge is 0.396 e. The number of rotatable bonds is 5. The minimum absolute atomic E-state index is 0.128. The third kappa shape index (κ3) is 2.88. The van der Waals surface area contributed by atoms with Crippen molar-refractivity contribution in [3.05, 3.63) is 28.7 Å². The molecule has 4 nitrogen and oxygen atoms in total. The van der Waals surface area contributed by atoms with E-state index in [1.807, 2.05) is 0 Å². The molecule has 14 heavy (non-hydrogen) atoms. The van der Waals surface area contributed by atoms with E-state index in [4.69, 9.17) is 10.8 Å². The Hall–Kier alpha value is -1.29. The van der Waals surface area contributed by atoms with E-state index < -0.39 is 0 Å². The maximum Gasteiger partial charge on any atom is 0.273 e. The number of aromatic nitrogens is 1. The Kier molecular flexibility index (Phi) is 4.19. The summed E-state index contributed by atoms with van der Waals surface area (Å²) in [5.41, 5.74) is 5.64. The Balaban J connectivity index is 2.51. The molecule has 4 heteroatoms. The van der Waals surface area contributed by atoms with Crippen molar-refractivity contribution in [2.45, 2.75) is 25.8 Å². The van der Waals surface area contributed by atoms with Crippen molar-refractivity contribution < 1.29 is 5.11 Å². The molecule has 1 heterocycles. The molecule has 0 aliphatic heterocycles. The monoisotopic (exact) mass is 196 g/mol. The van der Waals surface area contributed by atoms with Gasteiger partial charge < -0.3 is 15.4 Å². The van der Waals surface area contributed by atoms with Crippen LogP contribution in [-0.2, 0) is 6.54 Å². The second-order valence-corrected chi connectivity index (χ2v) is 3.25. The minimum Gasteiger partial charge on any atom is -0.396 e. The summed E-state index contributed by atoms with van der Waals surface area (Å²) in [6, 6.07) is 3.37. The Morgan fingerprint density at radius 2 is 2.14 bits per heavy atom. The van der Waals surface area contributed by atoms with E-state index in [1.54, 1.807) is 22.9 Å². The fraction of sp³-hybridized carbons (Fsp3) is 0.500. The number of nitrogens with two attached hydrogens (primary N) is 1. The molecular weight excluding hydrogens is 180 g/mol. The summed E-state index contributed by atoms with van der Waals surface area (Å²) < 4.78 is 1.60. The predicted molar refractivity (Wildman–Crippen MR) is 56.1 cm³/mol. The molecule has 0 unspecified atom stereocenters. The van der Waals surface area contributed by atoms with Gasteiger partial charge >= 0.3 is 0 Å². The van der Waals surface area contributed by atoms with Crippen LogP contribution in [0, 0.1) is 0 Å². The summed E-state index contributed by atoms with van der Waals surface area (Å²) >= 11 is 0. The van der Waals surface area contributed by atoms with Gasteiger partial charge in [-0.2, -0.15) is 0 Å². The van der Waals surface area contributed by atoms with Crippen LogP contribution in [0.1, 0.15) is 19.3 Å². The molecule has 0 spiro atoms. The molecule has 0 aliphatic carbocycles. The third-order valence-electron chi connectivity index (χ3n) is 2.11. The first-order valence-corrected chi connectivity index (χ1v) is 4.81. The van der Waals surface area contributed by atoms with Crippen molar-refractivity contribution in [1.29, 1.82) is 0 Å². The lowest BCUT2D eigenvalue weighted by atomic mass is 10.2. The Morgan fingerprint density at radius 1 is 1.36 bits per heavy atom. The van der Waals surface area contributed by atoms with E-state index in [9.17, 15) is 4.79 Å². The van der Waals surface area contributed by atoms with Crippen LogP contribution in [0.4, 0.5) is 5.69 Å². The summed E-state index contributed by atoms with van der Waals surface area (Å²) in [5.74, 6) is 0. The summed E-state index contributed by atoms with van der Waals surface area (Å²) in [4.78, 5) is 11.4. The van der Waals surface area contributed by atoms with E-state index in [1.165, 1.54) is 0 Å². The molecule has 0 radical (unpaired) electrons. The number of pyridine rings is 1. The maximum atomic E-state index is 11.4. The van der Waals surface area contributed by atoms with Gasteiger partial charge in [0.15, 0.2) is 0 Å². The van der Waals surface area contributed by atoms with E-state index in [0.717, 1.165) is 19.3 Å². The minimum atomic E-state index is -0.128. The molecule has 0 saturated carbocycles. The predicted octanol–water partition coefficient (Wildman–Crippen LogP) is 0.593. The third-order valence-corrected chi connectivity index (χ3v) is 2.11. The Labute approximate surface area is 83.0 Å². The molecule has 0 aliphatic rings. The Bertz CT molecular complexity index is 333. The molecule has 78 valence electrons. The number of nitrogen functional groups attached to an aromatic ring is 1. The molecule has 0 bridgehead atoms. The van der Waals surface area contributed by atoms with E-state index >= 15 is 0 Å². The number of aliphatic hydroxyl groups is 1. The summed E-state index contributed by atoms with van der Waals surface area (Å²) in [7, 11) is 0. The van der Waals surface area contributed by atoms with Crippen LogP contribution < -0.4 is 11.3 Å². The van der Waals surface area contributed by atoms with Crippen LogP contribution in [0.25, 0.3) is 0 Å². The SMILES string of the molecule is Nc1cccn(CCCCCO)c1=O. The van der Waals surface area contributed by atoms with Gasteiger partial charge in [-0.1, -0.05) is 0 Å². The summed E-state index contributed by atoms with van der Waals surface area (Å²) in [5, 5.41) is 8.57. The van der Waals surface area contributed by atoms with Crippen LogP contribution in [0.3, 0.4) is 0 Å². The van der Waals surface area contributed by atoms with Crippen LogP contribution in [0.15, 0.2) is 23.1 Å². The number of unbranched alkanes of at least 4 members (excludes halogenated alkanes) is 2. The average Bonchev–Trinajstić information content (AvgIpc) is 2.19. The molecule has 0 amide bonds. The molecule has 0 aromatic carbocycles. The smallest absolute Gasteiger partial charge is 0.273 e. The summed E-state index contributed by atoms with van der Waals surface area (Å²) in [6.45, 7) is 0.885. The topological polar surface area (TPSA) is 68.2 Å². The normalized spacial score (nSPS) is 10.4.